The van der Waals surface area contributed by atoms with Crippen molar-refractivity contribution in [1.29, 1.82) is 0 Å². The van der Waals surface area contributed by atoms with Crippen LogP contribution in [0.5, 0.6) is 5.75 Å². The van der Waals surface area contributed by atoms with Gasteiger partial charge in [0.2, 0.25) is 0 Å². The number of nitrogens with zero attached hydrogens (tertiary/aromatic N) is 1. The van der Waals surface area contributed by atoms with Crippen LogP contribution >= 0.6 is 0 Å². The Balaban J connectivity index is 1.87. The Morgan fingerprint density at radius 2 is 1.96 bits per heavy atom. The minimum absolute atomic E-state index is 0.0165. The van der Waals surface area contributed by atoms with Gasteiger partial charge in [-0.2, -0.15) is 0 Å². The normalized spacial score (nSPS) is 21.4. The second-order valence-corrected chi connectivity index (χ2v) is 6.75. The number of carbonyl (C=O) groups is 1. The minimum atomic E-state index is -0.0165. The van der Waals surface area contributed by atoms with E-state index in [0.29, 0.717) is 11.8 Å². The highest BCUT2D eigenvalue weighted by atomic mass is 16.5. The number of methoxy groups -OCH3 is 1. The Kier molecular flexibility index (Phi) is 4.33. The molecule has 1 aromatic heterocycles. The van der Waals surface area contributed by atoms with Gasteiger partial charge in [-0.05, 0) is 56.7 Å². The first kappa shape index (κ1) is 15.9. The maximum atomic E-state index is 12.9. The van der Waals surface area contributed by atoms with Gasteiger partial charge >= 0.3 is 0 Å². The molecule has 1 saturated carbocycles. The van der Waals surface area contributed by atoms with E-state index in [0.717, 1.165) is 41.0 Å². The van der Waals surface area contributed by atoms with Gasteiger partial charge in [-0.1, -0.05) is 6.92 Å². The molecule has 0 radical (unpaired) electrons. The lowest BCUT2D eigenvalue weighted by atomic mass is 9.86. The number of amides is 1. The quantitative estimate of drug-likeness (QED) is 0.843. The maximum absolute atomic E-state index is 12.9. The lowest BCUT2D eigenvalue weighted by Crippen LogP contribution is -2.39. The Bertz CT molecular complexity index is 711. The van der Waals surface area contributed by atoms with Crippen molar-refractivity contribution in [3.63, 3.8) is 0 Å². The highest BCUT2D eigenvalue weighted by Gasteiger charge is 2.28. The smallest absolute Gasteiger partial charge is 0.289 e. The van der Waals surface area contributed by atoms with Crippen LogP contribution in [0, 0.1) is 12.8 Å². The number of furan rings is 1. The van der Waals surface area contributed by atoms with Gasteiger partial charge < -0.3 is 14.1 Å². The summed E-state index contributed by atoms with van der Waals surface area (Å²) in [5.41, 5.74) is 1.62. The van der Waals surface area contributed by atoms with Crippen LogP contribution in [0.25, 0.3) is 11.0 Å². The molecule has 4 nitrogen and oxygen atoms in total. The molecule has 4 heteroatoms. The predicted octanol–water partition coefficient (Wildman–Crippen LogP) is 4.40. The number of carbonyl (C=O) groups excluding carboxylic acids is 1. The standard InChI is InChI=1S/C19H25NO3/c1-12-5-7-14(8-6-12)20(3)19(21)18-13(2)16-11-15(22-4)9-10-17(16)23-18/h9-12,14H,5-8H2,1-4H3. The average Bonchev–Trinajstić information content (AvgIpc) is 2.90. The van der Waals surface area contributed by atoms with Crippen molar-refractivity contribution < 1.29 is 13.9 Å². The highest BCUT2D eigenvalue weighted by Crippen LogP contribution is 2.31. The fraction of sp³-hybridized carbons (Fsp3) is 0.526. The molecule has 124 valence electrons. The molecular weight excluding hydrogens is 290 g/mol. The SMILES string of the molecule is COc1ccc2oc(C(=O)N(C)C3CCC(C)CC3)c(C)c2c1. The number of hydrogen-bond donors (Lipinski definition) is 0. The second-order valence-electron chi connectivity index (χ2n) is 6.75. The number of aryl methyl sites for hydroxylation is 1. The summed E-state index contributed by atoms with van der Waals surface area (Å²) in [4.78, 5) is 14.7. The molecule has 0 bridgehead atoms. The van der Waals surface area contributed by atoms with Crippen LogP contribution in [0.4, 0.5) is 0 Å². The number of benzene rings is 1. The third-order valence-corrected chi connectivity index (χ3v) is 5.19. The van der Waals surface area contributed by atoms with Crippen molar-refractivity contribution in [2.45, 2.75) is 45.6 Å². The minimum Gasteiger partial charge on any atom is -0.497 e. The lowest BCUT2D eigenvalue weighted by molar-refractivity contribution is 0.0649. The van der Waals surface area contributed by atoms with E-state index in [9.17, 15) is 4.79 Å². The molecule has 1 aromatic carbocycles. The zero-order chi connectivity index (χ0) is 16.6. The molecule has 1 amide bonds. The van der Waals surface area contributed by atoms with Gasteiger partial charge in [0.1, 0.15) is 11.3 Å². The number of ether oxygens (including phenoxy) is 1. The molecule has 0 aliphatic heterocycles. The Morgan fingerprint density at radius 3 is 2.61 bits per heavy atom. The Hall–Kier alpha value is -1.97. The van der Waals surface area contributed by atoms with Gasteiger partial charge in [-0.3, -0.25) is 4.79 Å². The zero-order valence-corrected chi connectivity index (χ0v) is 14.4. The average molecular weight is 315 g/mol. The molecule has 1 aliphatic carbocycles. The predicted molar refractivity (Wildman–Crippen MR) is 91.0 cm³/mol. The topological polar surface area (TPSA) is 42.7 Å². The maximum Gasteiger partial charge on any atom is 0.289 e. The van der Waals surface area contributed by atoms with E-state index < -0.39 is 0 Å². The summed E-state index contributed by atoms with van der Waals surface area (Å²) in [5.74, 6) is 1.98. The molecule has 2 aromatic rings. The molecular formula is C19H25NO3. The van der Waals surface area contributed by atoms with Gasteiger partial charge in [-0.15, -0.1) is 0 Å². The highest BCUT2D eigenvalue weighted by molar-refractivity contribution is 5.99. The summed E-state index contributed by atoms with van der Waals surface area (Å²) in [6.45, 7) is 4.23. The first-order valence-corrected chi connectivity index (χ1v) is 8.35. The van der Waals surface area contributed by atoms with Crippen molar-refractivity contribution in [3.05, 3.63) is 29.5 Å². The van der Waals surface area contributed by atoms with Crippen LogP contribution in [-0.4, -0.2) is 31.0 Å². The van der Waals surface area contributed by atoms with Crippen LogP contribution in [-0.2, 0) is 0 Å². The van der Waals surface area contributed by atoms with E-state index in [1.165, 1.54) is 12.8 Å². The van der Waals surface area contributed by atoms with Gasteiger partial charge in [0.05, 0.1) is 7.11 Å². The van der Waals surface area contributed by atoms with Crippen molar-refractivity contribution in [1.82, 2.24) is 4.90 Å². The van der Waals surface area contributed by atoms with Gasteiger partial charge in [-0.25, -0.2) is 0 Å². The van der Waals surface area contributed by atoms with E-state index in [4.69, 9.17) is 9.15 Å². The van der Waals surface area contributed by atoms with Crippen LogP contribution in [0.1, 0.15) is 48.7 Å². The first-order valence-electron chi connectivity index (χ1n) is 8.35. The molecule has 0 unspecified atom stereocenters. The monoisotopic (exact) mass is 315 g/mol. The molecule has 0 N–H and O–H groups in total. The molecule has 0 atom stereocenters. The fourth-order valence-electron chi connectivity index (χ4n) is 3.49. The summed E-state index contributed by atoms with van der Waals surface area (Å²) in [6.07, 6.45) is 4.55. The van der Waals surface area contributed by atoms with Crippen LogP contribution in [0.2, 0.25) is 0 Å². The summed E-state index contributed by atoms with van der Waals surface area (Å²) in [7, 11) is 3.54. The summed E-state index contributed by atoms with van der Waals surface area (Å²) in [6, 6.07) is 5.96. The molecule has 0 spiro atoms. The first-order chi connectivity index (χ1) is 11.0. The zero-order valence-electron chi connectivity index (χ0n) is 14.4. The largest absolute Gasteiger partial charge is 0.497 e. The van der Waals surface area contributed by atoms with E-state index >= 15 is 0 Å². The molecule has 1 fully saturated rings. The number of rotatable bonds is 3. The summed E-state index contributed by atoms with van der Waals surface area (Å²) in [5, 5.41) is 0.943. The van der Waals surface area contributed by atoms with E-state index in [1.807, 2.05) is 37.1 Å². The Labute approximate surface area is 137 Å². The molecule has 1 heterocycles. The van der Waals surface area contributed by atoms with E-state index in [2.05, 4.69) is 6.92 Å². The van der Waals surface area contributed by atoms with Crippen molar-refractivity contribution in [2.24, 2.45) is 5.92 Å². The van der Waals surface area contributed by atoms with Gasteiger partial charge in [0.15, 0.2) is 5.76 Å². The fourth-order valence-corrected chi connectivity index (χ4v) is 3.49. The second kappa shape index (κ2) is 6.26. The van der Waals surface area contributed by atoms with Crippen molar-refractivity contribution >= 4 is 16.9 Å². The summed E-state index contributed by atoms with van der Waals surface area (Å²) < 4.78 is 11.1. The van der Waals surface area contributed by atoms with Crippen LogP contribution in [0.15, 0.2) is 22.6 Å². The third kappa shape index (κ3) is 2.94. The summed E-state index contributed by atoms with van der Waals surface area (Å²) >= 11 is 0. The molecule has 0 saturated heterocycles. The van der Waals surface area contributed by atoms with Gasteiger partial charge in [0.25, 0.3) is 5.91 Å². The Morgan fingerprint density at radius 1 is 1.26 bits per heavy atom. The van der Waals surface area contributed by atoms with Crippen LogP contribution < -0.4 is 4.74 Å². The lowest BCUT2D eigenvalue weighted by Gasteiger charge is -2.33. The van der Waals surface area contributed by atoms with Crippen molar-refractivity contribution in [2.75, 3.05) is 14.2 Å². The van der Waals surface area contributed by atoms with Crippen LogP contribution in [0.3, 0.4) is 0 Å². The van der Waals surface area contributed by atoms with E-state index in [-0.39, 0.29) is 5.91 Å². The third-order valence-electron chi connectivity index (χ3n) is 5.19. The van der Waals surface area contributed by atoms with E-state index in [1.54, 1.807) is 7.11 Å². The van der Waals surface area contributed by atoms with Crippen molar-refractivity contribution in [3.8, 4) is 5.75 Å². The molecule has 23 heavy (non-hydrogen) atoms. The molecule has 1 aliphatic rings. The number of fused-ring (bicyclic) bond motifs is 1. The molecule has 3 rings (SSSR count). The number of hydrogen-bond acceptors (Lipinski definition) is 3. The van der Waals surface area contributed by atoms with Gasteiger partial charge in [0, 0.05) is 24.0 Å².